The molecule has 0 atom stereocenters. The molecule has 0 radical (unpaired) electrons. The van der Waals surface area contributed by atoms with Crippen LogP contribution in [0.1, 0.15) is 53.4 Å². The van der Waals surface area contributed by atoms with Gasteiger partial charge >= 0.3 is 129 Å². The van der Waals surface area contributed by atoms with Crippen molar-refractivity contribution in [2.24, 2.45) is 0 Å². The Morgan fingerprint density at radius 1 is 0.950 bits per heavy atom. The molecule has 0 heterocycles. The molecular weight excluding hydrogens is 339 g/mol. The Morgan fingerprint density at radius 3 is 1.95 bits per heavy atom. The molecule has 0 aliphatic carbocycles. The maximum absolute atomic E-state index is 10.6. The van der Waals surface area contributed by atoms with Crippen LogP contribution in [0.4, 0.5) is 0 Å². The van der Waals surface area contributed by atoms with Gasteiger partial charge < -0.3 is 0 Å². The second-order valence-corrected chi connectivity index (χ2v) is 11.1. The fourth-order valence-corrected chi connectivity index (χ4v) is 3.95. The van der Waals surface area contributed by atoms with Gasteiger partial charge in [0.05, 0.1) is 0 Å². The average Bonchev–Trinajstić information content (AvgIpc) is 2.26. The number of allylic oxidation sites excluding steroid dienone is 6. The molecule has 0 rings (SSSR count). The van der Waals surface area contributed by atoms with Crippen molar-refractivity contribution in [3.05, 3.63) is 34.9 Å². The number of hydrogen-bond donors (Lipinski definition) is 1. The molecule has 0 fully saturated rings. The van der Waals surface area contributed by atoms with E-state index < -0.39 is 22.4 Å². The Kier molecular flexibility index (Phi) is 10.2. The Balaban J connectivity index is 3.97. The van der Waals surface area contributed by atoms with E-state index in [1.807, 2.05) is 13.0 Å². The SMILES string of the molecule is CC(C)=CCC/C(C)=C/CC/C(C)=C/C[Se]S(=O)(=O)O. The Hall–Kier alpha value is -0.351. The summed E-state index contributed by atoms with van der Waals surface area (Å²) in [7, 11) is -3.77. The van der Waals surface area contributed by atoms with Gasteiger partial charge in [0.2, 0.25) is 0 Å². The Bertz CT molecular complexity index is 469. The monoisotopic (exact) mass is 366 g/mol. The van der Waals surface area contributed by atoms with Gasteiger partial charge in [-0.15, -0.1) is 0 Å². The van der Waals surface area contributed by atoms with Crippen molar-refractivity contribution in [3.8, 4) is 0 Å². The van der Waals surface area contributed by atoms with Gasteiger partial charge in [0.15, 0.2) is 0 Å². The molecule has 0 aromatic heterocycles. The van der Waals surface area contributed by atoms with Crippen LogP contribution in [-0.4, -0.2) is 26.8 Å². The minimum atomic E-state index is -3.77. The molecule has 20 heavy (non-hydrogen) atoms. The van der Waals surface area contributed by atoms with E-state index in [-0.39, 0.29) is 0 Å². The van der Waals surface area contributed by atoms with Crippen LogP contribution < -0.4 is 0 Å². The molecule has 0 aliphatic rings. The molecule has 0 spiro atoms. The summed E-state index contributed by atoms with van der Waals surface area (Å²) in [4.78, 5) is 0. The maximum atomic E-state index is 10.6. The molecule has 5 heteroatoms. The number of hydrogen-bond acceptors (Lipinski definition) is 2. The van der Waals surface area contributed by atoms with Crippen LogP contribution in [0.3, 0.4) is 0 Å². The van der Waals surface area contributed by atoms with E-state index in [0.717, 1.165) is 25.7 Å². The molecular formula is C15H26O3SSe. The summed E-state index contributed by atoms with van der Waals surface area (Å²) < 4.78 is 29.9. The summed E-state index contributed by atoms with van der Waals surface area (Å²) in [5.41, 5.74) is 3.94. The molecule has 0 aromatic carbocycles. The molecule has 0 unspecified atom stereocenters. The van der Waals surface area contributed by atoms with Crippen molar-refractivity contribution >= 4 is 22.4 Å². The molecule has 0 saturated carbocycles. The second-order valence-electron chi connectivity index (χ2n) is 5.17. The van der Waals surface area contributed by atoms with Crippen LogP contribution in [0.25, 0.3) is 0 Å². The normalized spacial score (nSPS) is 13.4. The third-order valence-electron chi connectivity index (χ3n) is 2.77. The predicted molar refractivity (Wildman–Crippen MR) is 87.5 cm³/mol. The third kappa shape index (κ3) is 14.1. The average molecular weight is 365 g/mol. The molecule has 0 aliphatic heterocycles. The van der Waals surface area contributed by atoms with Crippen LogP contribution in [0.5, 0.6) is 0 Å². The summed E-state index contributed by atoms with van der Waals surface area (Å²) in [5.74, 6) is 0. The Labute approximate surface area is 129 Å². The van der Waals surface area contributed by atoms with Crippen molar-refractivity contribution in [1.29, 1.82) is 0 Å². The first-order chi connectivity index (χ1) is 9.20. The van der Waals surface area contributed by atoms with E-state index in [0.29, 0.717) is 5.32 Å². The summed E-state index contributed by atoms with van der Waals surface area (Å²) in [6, 6.07) is 0. The van der Waals surface area contributed by atoms with Crippen LogP contribution in [0.15, 0.2) is 34.9 Å². The van der Waals surface area contributed by atoms with Crippen molar-refractivity contribution in [2.75, 3.05) is 0 Å². The van der Waals surface area contributed by atoms with Gasteiger partial charge in [-0.25, -0.2) is 0 Å². The van der Waals surface area contributed by atoms with E-state index in [1.165, 1.54) is 16.7 Å². The first-order valence-corrected chi connectivity index (χ1v) is 11.4. The fourth-order valence-electron chi connectivity index (χ4n) is 1.60. The topological polar surface area (TPSA) is 54.4 Å². The van der Waals surface area contributed by atoms with E-state index in [2.05, 4.69) is 32.9 Å². The van der Waals surface area contributed by atoms with Crippen LogP contribution in [0.2, 0.25) is 5.32 Å². The molecule has 1 N–H and O–H groups in total. The molecule has 0 saturated heterocycles. The zero-order valence-corrected chi connectivity index (χ0v) is 15.4. The molecule has 0 amide bonds. The van der Waals surface area contributed by atoms with Crippen molar-refractivity contribution in [1.82, 2.24) is 0 Å². The van der Waals surface area contributed by atoms with E-state index in [1.54, 1.807) is 0 Å². The third-order valence-corrected chi connectivity index (χ3v) is 6.29. The first kappa shape index (κ1) is 19.6. The summed E-state index contributed by atoms with van der Waals surface area (Å²) >= 11 is -0.746. The standard InChI is InChI=1S/C15H26O3SSe/c1-13(2)7-5-8-14(3)9-6-10-15(4)11-12-20-19(16,17)18/h7,9,11H,5-6,8,10,12H2,1-4H3,(H,16,17,18)/b14-9+,15-11+. The van der Waals surface area contributed by atoms with Gasteiger partial charge in [0.1, 0.15) is 0 Å². The molecule has 0 bridgehead atoms. The zero-order valence-electron chi connectivity index (χ0n) is 12.8. The van der Waals surface area contributed by atoms with Gasteiger partial charge in [-0.2, -0.15) is 0 Å². The zero-order chi connectivity index (χ0) is 15.6. The van der Waals surface area contributed by atoms with Crippen LogP contribution in [0, 0.1) is 0 Å². The van der Waals surface area contributed by atoms with Gasteiger partial charge in [-0.3, -0.25) is 0 Å². The summed E-state index contributed by atoms with van der Waals surface area (Å²) in [6.07, 6.45) is 10.5. The summed E-state index contributed by atoms with van der Waals surface area (Å²) in [5, 5.41) is 0.445. The Morgan fingerprint density at radius 2 is 1.45 bits per heavy atom. The molecule has 3 nitrogen and oxygen atoms in total. The quantitative estimate of drug-likeness (QED) is 0.376. The van der Waals surface area contributed by atoms with Gasteiger partial charge in [0, 0.05) is 0 Å². The van der Waals surface area contributed by atoms with Gasteiger partial charge in [-0.1, -0.05) is 0 Å². The van der Waals surface area contributed by atoms with Crippen LogP contribution in [-0.2, 0) is 8.54 Å². The number of rotatable bonds is 9. The van der Waals surface area contributed by atoms with Crippen LogP contribution >= 0.6 is 0 Å². The van der Waals surface area contributed by atoms with Crippen molar-refractivity contribution in [2.45, 2.75) is 58.7 Å². The minimum absolute atomic E-state index is 0.445. The summed E-state index contributed by atoms with van der Waals surface area (Å²) in [6.45, 7) is 8.38. The van der Waals surface area contributed by atoms with E-state index in [4.69, 9.17) is 4.55 Å². The molecule has 116 valence electrons. The fraction of sp³-hybridized carbons (Fsp3) is 0.600. The second kappa shape index (κ2) is 10.4. The van der Waals surface area contributed by atoms with Crippen molar-refractivity contribution < 1.29 is 13.0 Å². The van der Waals surface area contributed by atoms with Crippen molar-refractivity contribution in [3.63, 3.8) is 0 Å². The predicted octanol–water partition coefficient (Wildman–Crippen LogP) is 4.33. The van der Waals surface area contributed by atoms with E-state index >= 15 is 0 Å². The first-order valence-electron chi connectivity index (χ1n) is 6.77. The van der Waals surface area contributed by atoms with E-state index in [9.17, 15) is 8.42 Å². The molecule has 0 aromatic rings. The van der Waals surface area contributed by atoms with Gasteiger partial charge in [-0.05, 0) is 0 Å². The van der Waals surface area contributed by atoms with Gasteiger partial charge in [0.25, 0.3) is 0 Å².